The number of nitrogens with one attached hydrogen (secondary N) is 1. The first-order valence-corrected chi connectivity index (χ1v) is 5.56. The molecule has 1 unspecified atom stereocenters. The second-order valence-electron chi connectivity index (χ2n) is 4.45. The summed E-state index contributed by atoms with van der Waals surface area (Å²) in [5.41, 5.74) is 4.77. The molecule has 4 N–H and O–H groups in total. The van der Waals surface area contributed by atoms with E-state index in [1.807, 2.05) is 0 Å². The molecule has 2 rings (SSSR count). The highest BCUT2D eigenvalue weighted by Gasteiger charge is 2.54. The molecule has 0 aromatic heterocycles. The number of amidine groups is 1. The molecule has 1 saturated carbocycles. The maximum atomic E-state index is 12.0. The minimum absolute atomic E-state index is 0.0155. The predicted octanol–water partition coefficient (Wildman–Crippen LogP) is -0.192. The molecule has 16 heavy (non-hydrogen) atoms. The van der Waals surface area contributed by atoms with Crippen molar-refractivity contribution in [3.63, 3.8) is 0 Å². The van der Waals surface area contributed by atoms with E-state index in [0.29, 0.717) is 19.4 Å². The van der Waals surface area contributed by atoms with Gasteiger partial charge in [0.2, 0.25) is 5.91 Å². The van der Waals surface area contributed by atoms with Crippen molar-refractivity contribution in [3.05, 3.63) is 0 Å². The summed E-state index contributed by atoms with van der Waals surface area (Å²) in [4.78, 5) is 12.0. The van der Waals surface area contributed by atoms with Crippen molar-refractivity contribution >= 4 is 11.7 Å². The van der Waals surface area contributed by atoms with E-state index in [4.69, 9.17) is 15.7 Å². The van der Waals surface area contributed by atoms with Gasteiger partial charge in [-0.3, -0.25) is 4.79 Å². The number of hydrogen-bond acceptors (Lipinski definition) is 4. The topological polar surface area (TPSA) is 96.9 Å². The minimum atomic E-state index is -0.758. The van der Waals surface area contributed by atoms with Gasteiger partial charge in [0.05, 0.1) is 12.6 Å². The highest BCUT2D eigenvalue weighted by Crippen LogP contribution is 2.46. The van der Waals surface area contributed by atoms with Crippen molar-refractivity contribution in [1.82, 2.24) is 5.32 Å². The highest BCUT2D eigenvalue weighted by molar-refractivity contribution is 6.09. The number of nitrogens with two attached hydrogens (primary N) is 1. The van der Waals surface area contributed by atoms with Crippen LogP contribution >= 0.6 is 0 Å². The maximum absolute atomic E-state index is 12.0. The normalized spacial score (nSPS) is 28.5. The van der Waals surface area contributed by atoms with Crippen LogP contribution in [0, 0.1) is 5.41 Å². The van der Waals surface area contributed by atoms with Crippen molar-refractivity contribution in [2.75, 3.05) is 13.2 Å². The Balaban J connectivity index is 1.92. The van der Waals surface area contributed by atoms with Crippen molar-refractivity contribution in [3.8, 4) is 0 Å². The summed E-state index contributed by atoms with van der Waals surface area (Å²) >= 11 is 0. The van der Waals surface area contributed by atoms with Crippen molar-refractivity contribution in [1.29, 1.82) is 0 Å². The number of oxime groups is 1. The first-order chi connectivity index (χ1) is 7.69. The molecule has 1 aliphatic carbocycles. The van der Waals surface area contributed by atoms with Gasteiger partial charge in [-0.05, 0) is 25.7 Å². The van der Waals surface area contributed by atoms with Crippen LogP contribution in [0.4, 0.5) is 0 Å². The van der Waals surface area contributed by atoms with Crippen LogP contribution in [0.3, 0.4) is 0 Å². The first kappa shape index (κ1) is 11.2. The van der Waals surface area contributed by atoms with E-state index in [1.54, 1.807) is 0 Å². The molecular weight excluding hydrogens is 210 g/mol. The summed E-state index contributed by atoms with van der Waals surface area (Å²) < 4.78 is 5.28. The van der Waals surface area contributed by atoms with Crippen LogP contribution in [0.5, 0.6) is 0 Å². The monoisotopic (exact) mass is 227 g/mol. The number of carbonyl (C=O) groups excluding carboxylic acids is 1. The van der Waals surface area contributed by atoms with Crippen LogP contribution in [-0.4, -0.2) is 36.2 Å². The van der Waals surface area contributed by atoms with E-state index >= 15 is 0 Å². The summed E-state index contributed by atoms with van der Waals surface area (Å²) in [6.07, 6.45) is 3.20. The molecule has 1 heterocycles. The molecule has 90 valence electrons. The van der Waals surface area contributed by atoms with Crippen LogP contribution in [0.2, 0.25) is 0 Å². The number of carbonyl (C=O) groups is 1. The second kappa shape index (κ2) is 4.29. The Kier molecular flexibility index (Phi) is 3.00. The summed E-state index contributed by atoms with van der Waals surface area (Å²) in [6, 6.07) is 0.0604. The van der Waals surface area contributed by atoms with Crippen LogP contribution in [0.25, 0.3) is 0 Å². The van der Waals surface area contributed by atoms with Gasteiger partial charge in [-0.1, -0.05) is 5.16 Å². The van der Waals surface area contributed by atoms with Crippen molar-refractivity contribution < 1.29 is 14.7 Å². The Morgan fingerprint density at radius 2 is 2.31 bits per heavy atom. The Hall–Kier alpha value is -1.30. The van der Waals surface area contributed by atoms with E-state index in [0.717, 1.165) is 19.4 Å². The summed E-state index contributed by atoms with van der Waals surface area (Å²) in [5.74, 6) is -0.125. The number of ether oxygens (including phenoxy) is 1. The average Bonchev–Trinajstić information content (AvgIpc) is 3.10. The van der Waals surface area contributed by atoms with Gasteiger partial charge in [0.15, 0.2) is 5.84 Å². The third-order valence-corrected chi connectivity index (χ3v) is 3.28. The summed E-state index contributed by atoms with van der Waals surface area (Å²) in [5, 5.41) is 14.5. The maximum Gasteiger partial charge on any atom is 0.234 e. The molecule has 1 atom stereocenters. The number of nitrogens with zero attached hydrogens (tertiary/aromatic N) is 1. The van der Waals surface area contributed by atoms with Crippen LogP contribution < -0.4 is 11.1 Å². The summed E-state index contributed by atoms with van der Waals surface area (Å²) in [7, 11) is 0. The molecule has 2 aliphatic rings. The quantitative estimate of drug-likeness (QED) is 0.269. The Bertz CT molecular complexity index is 306. The fraction of sp³-hybridized carbons (Fsp3) is 0.800. The lowest BCUT2D eigenvalue weighted by Crippen LogP contribution is -2.47. The van der Waals surface area contributed by atoms with E-state index in [9.17, 15) is 4.79 Å². The van der Waals surface area contributed by atoms with Crippen LogP contribution in [0.15, 0.2) is 5.16 Å². The largest absolute Gasteiger partial charge is 0.409 e. The molecule has 1 aliphatic heterocycles. The molecule has 6 heteroatoms. The smallest absolute Gasteiger partial charge is 0.234 e. The van der Waals surface area contributed by atoms with Gasteiger partial charge >= 0.3 is 0 Å². The standard InChI is InChI=1S/C10H17N3O3/c11-8(13-15)10(3-4-10)9(14)12-7-2-1-5-16-6-7/h7,15H,1-6H2,(H2,11,13)(H,12,14). The molecule has 1 saturated heterocycles. The molecular formula is C10H17N3O3. The molecule has 0 radical (unpaired) electrons. The number of hydrogen-bond donors (Lipinski definition) is 3. The molecule has 1 amide bonds. The predicted molar refractivity (Wildman–Crippen MR) is 57.1 cm³/mol. The lowest BCUT2D eigenvalue weighted by atomic mass is 10.0. The van der Waals surface area contributed by atoms with Gasteiger partial charge < -0.3 is 21.0 Å². The average molecular weight is 227 g/mol. The zero-order valence-electron chi connectivity index (χ0n) is 9.11. The molecule has 0 aromatic carbocycles. The number of amides is 1. The molecule has 0 aromatic rings. The van der Waals surface area contributed by atoms with Gasteiger partial charge in [0.25, 0.3) is 0 Å². The Morgan fingerprint density at radius 3 is 2.81 bits per heavy atom. The fourth-order valence-electron chi connectivity index (χ4n) is 2.00. The molecule has 0 bridgehead atoms. The first-order valence-electron chi connectivity index (χ1n) is 5.56. The lowest BCUT2D eigenvalue weighted by Gasteiger charge is -2.25. The van der Waals surface area contributed by atoms with Gasteiger partial charge in [0.1, 0.15) is 5.41 Å². The zero-order chi connectivity index (χ0) is 11.6. The van der Waals surface area contributed by atoms with E-state index in [1.165, 1.54) is 0 Å². The molecule has 6 nitrogen and oxygen atoms in total. The summed E-state index contributed by atoms with van der Waals surface area (Å²) in [6.45, 7) is 1.32. The third-order valence-electron chi connectivity index (χ3n) is 3.28. The van der Waals surface area contributed by atoms with Crippen LogP contribution in [0.1, 0.15) is 25.7 Å². The van der Waals surface area contributed by atoms with Crippen molar-refractivity contribution in [2.24, 2.45) is 16.3 Å². The van der Waals surface area contributed by atoms with E-state index in [2.05, 4.69) is 10.5 Å². The Morgan fingerprint density at radius 1 is 1.56 bits per heavy atom. The Labute approximate surface area is 93.8 Å². The van der Waals surface area contributed by atoms with E-state index in [-0.39, 0.29) is 17.8 Å². The van der Waals surface area contributed by atoms with Gasteiger partial charge in [-0.2, -0.15) is 0 Å². The van der Waals surface area contributed by atoms with E-state index < -0.39 is 5.41 Å². The SMILES string of the molecule is NC(=NO)C1(C(=O)NC2CCCOC2)CC1. The minimum Gasteiger partial charge on any atom is -0.409 e. The van der Waals surface area contributed by atoms with Gasteiger partial charge in [0, 0.05) is 6.61 Å². The van der Waals surface area contributed by atoms with Gasteiger partial charge in [-0.15, -0.1) is 0 Å². The fourth-order valence-corrected chi connectivity index (χ4v) is 2.00. The lowest BCUT2D eigenvalue weighted by molar-refractivity contribution is -0.125. The van der Waals surface area contributed by atoms with Crippen LogP contribution in [-0.2, 0) is 9.53 Å². The highest BCUT2D eigenvalue weighted by atomic mass is 16.5. The second-order valence-corrected chi connectivity index (χ2v) is 4.45. The zero-order valence-corrected chi connectivity index (χ0v) is 9.11. The molecule has 2 fully saturated rings. The van der Waals surface area contributed by atoms with Crippen molar-refractivity contribution in [2.45, 2.75) is 31.7 Å². The number of rotatable bonds is 3. The third kappa shape index (κ3) is 1.97. The van der Waals surface area contributed by atoms with Gasteiger partial charge in [-0.25, -0.2) is 0 Å². The molecule has 0 spiro atoms.